The van der Waals surface area contributed by atoms with Gasteiger partial charge in [0.15, 0.2) is 0 Å². The third kappa shape index (κ3) is 2.70. The first-order chi connectivity index (χ1) is 8.54. The lowest BCUT2D eigenvalue weighted by Gasteiger charge is -2.29. The summed E-state index contributed by atoms with van der Waals surface area (Å²) in [7, 11) is 0. The lowest BCUT2D eigenvalue weighted by Crippen LogP contribution is -2.42. The first-order valence-corrected chi connectivity index (χ1v) is 7.29. The molecule has 1 aliphatic heterocycles. The summed E-state index contributed by atoms with van der Waals surface area (Å²) in [5, 5.41) is 10.3. The van der Waals surface area contributed by atoms with E-state index in [0.717, 1.165) is 11.3 Å². The molecule has 2 rings (SSSR count). The lowest BCUT2D eigenvalue weighted by atomic mass is 10.1. The van der Waals surface area contributed by atoms with Gasteiger partial charge in [-0.15, -0.1) is 11.8 Å². The summed E-state index contributed by atoms with van der Waals surface area (Å²) in [5.74, 6) is 0.946. The summed E-state index contributed by atoms with van der Waals surface area (Å²) in [6.07, 6.45) is 0.511. The largest absolute Gasteiger partial charge is 0.371 e. The van der Waals surface area contributed by atoms with E-state index >= 15 is 0 Å². The molecule has 0 spiro atoms. The van der Waals surface area contributed by atoms with Crippen molar-refractivity contribution in [3.05, 3.63) is 35.9 Å². The molecule has 98 valence electrons. The number of benzene rings is 1. The number of likely N-dealkylation sites (tertiary alicyclic amines) is 1. The van der Waals surface area contributed by atoms with E-state index in [1.807, 2.05) is 37.3 Å². The van der Waals surface area contributed by atoms with Gasteiger partial charge in [-0.05, 0) is 18.2 Å². The molecule has 1 N–H and O–H groups in total. The Hall–Kier alpha value is -1.00. The quantitative estimate of drug-likeness (QED) is 0.907. The van der Waals surface area contributed by atoms with Crippen LogP contribution in [0, 0.1) is 0 Å². The number of amides is 1. The topological polar surface area (TPSA) is 40.5 Å². The van der Waals surface area contributed by atoms with Crippen molar-refractivity contribution in [2.24, 2.45) is 0 Å². The molecule has 4 heteroatoms. The number of carbonyl (C=O) groups excluding carboxylic acids is 1. The summed E-state index contributed by atoms with van der Waals surface area (Å²) in [6, 6.07) is 9.79. The van der Waals surface area contributed by atoms with Gasteiger partial charge in [-0.3, -0.25) is 4.79 Å². The van der Waals surface area contributed by atoms with Crippen LogP contribution >= 0.6 is 11.8 Å². The maximum absolute atomic E-state index is 12.3. The SMILES string of the molecule is CCSC1CC(C)(O)N(Cc2ccccc2)C1=O. The Bertz CT molecular complexity index is 419. The van der Waals surface area contributed by atoms with Gasteiger partial charge < -0.3 is 10.0 Å². The minimum absolute atomic E-state index is 0.0516. The van der Waals surface area contributed by atoms with Crippen molar-refractivity contribution in [1.82, 2.24) is 4.90 Å². The number of hydrogen-bond acceptors (Lipinski definition) is 3. The van der Waals surface area contributed by atoms with E-state index in [4.69, 9.17) is 0 Å². The maximum atomic E-state index is 12.3. The van der Waals surface area contributed by atoms with E-state index in [2.05, 4.69) is 0 Å². The molecule has 0 bridgehead atoms. The smallest absolute Gasteiger partial charge is 0.238 e. The second kappa shape index (κ2) is 5.33. The molecular weight excluding hydrogens is 246 g/mol. The molecule has 1 amide bonds. The highest BCUT2D eigenvalue weighted by Gasteiger charge is 2.46. The Morgan fingerprint density at radius 3 is 2.72 bits per heavy atom. The van der Waals surface area contributed by atoms with Crippen molar-refractivity contribution >= 4 is 17.7 Å². The summed E-state index contributed by atoms with van der Waals surface area (Å²) < 4.78 is 0. The molecular formula is C14H19NO2S. The van der Waals surface area contributed by atoms with Gasteiger partial charge in [-0.25, -0.2) is 0 Å². The van der Waals surface area contributed by atoms with Gasteiger partial charge in [0.25, 0.3) is 0 Å². The standard InChI is InChI=1S/C14H19NO2S/c1-3-18-12-9-14(2,17)15(13(12)16)10-11-7-5-4-6-8-11/h4-8,12,17H,3,9-10H2,1-2H3. The fourth-order valence-corrected chi connectivity index (χ4v) is 3.41. The predicted octanol–water partition coefficient (Wildman–Crippen LogP) is 2.25. The van der Waals surface area contributed by atoms with Crippen LogP contribution in [0.1, 0.15) is 25.8 Å². The highest BCUT2D eigenvalue weighted by atomic mass is 32.2. The normalized spacial score (nSPS) is 27.8. The van der Waals surface area contributed by atoms with Crippen molar-refractivity contribution in [2.45, 2.75) is 37.8 Å². The third-order valence-electron chi connectivity index (χ3n) is 3.25. The molecule has 1 aliphatic rings. The number of rotatable bonds is 4. The Balaban J connectivity index is 2.14. The molecule has 1 heterocycles. The molecule has 1 fully saturated rings. The van der Waals surface area contributed by atoms with Gasteiger partial charge in [0.05, 0.1) is 5.25 Å². The highest BCUT2D eigenvalue weighted by molar-refractivity contribution is 8.00. The van der Waals surface area contributed by atoms with E-state index in [-0.39, 0.29) is 11.2 Å². The second-order valence-corrected chi connectivity index (χ2v) is 6.25. The van der Waals surface area contributed by atoms with Crippen molar-refractivity contribution in [3.63, 3.8) is 0 Å². The molecule has 1 aromatic carbocycles. The van der Waals surface area contributed by atoms with Crippen molar-refractivity contribution in [1.29, 1.82) is 0 Å². The fourth-order valence-electron chi connectivity index (χ4n) is 2.31. The van der Waals surface area contributed by atoms with E-state index in [1.54, 1.807) is 23.6 Å². The molecule has 0 aromatic heterocycles. The molecule has 0 saturated carbocycles. The average Bonchev–Trinajstić information content (AvgIpc) is 2.55. The summed E-state index contributed by atoms with van der Waals surface area (Å²) >= 11 is 1.61. The van der Waals surface area contributed by atoms with Gasteiger partial charge in [0, 0.05) is 13.0 Å². The van der Waals surface area contributed by atoms with Crippen LogP contribution < -0.4 is 0 Å². The number of aliphatic hydroxyl groups is 1. The maximum Gasteiger partial charge on any atom is 0.238 e. The minimum Gasteiger partial charge on any atom is -0.371 e. The van der Waals surface area contributed by atoms with Gasteiger partial charge in [-0.1, -0.05) is 37.3 Å². The van der Waals surface area contributed by atoms with E-state index in [0.29, 0.717) is 13.0 Å². The molecule has 0 aliphatic carbocycles. The Morgan fingerprint density at radius 2 is 2.11 bits per heavy atom. The first-order valence-electron chi connectivity index (χ1n) is 6.24. The van der Waals surface area contributed by atoms with Crippen LogP contribution in [0.2, 0.25) is 0 Å². The molecule has 1 saturated heterocycles. The Labute approximate surface area is 112 Å². The van der Waals surface area contributed by atoms with Crippen molar-refractivity contribution in [3.8, 4) is 0 Å². The van der Waals surface area contributed by atoms with Gasteiger partial charge in [0.2, 0.25) is 5.91 Å². The number of carbonyl (C=O) groups is 1. The van der Waals surface area contributed by atoms with Gasteiger partial charge in [0.1, 0.15) is 5.72 Å². The van der Waals surface area contributed by atoms with Crippen LogP contribution in [0.25, 0.3) is 0 Å². The van der Waals surface area contributed by atoms with E-state index < -0.39 is 5.72 Å². The van der Waals surface area contributed by atoms with Crippen LogP contribution in [-0.4, -0.2) is 32.6 Å². The molecule has 1 aromatic rings. The summed E-state index contributed by atoms with van der Waals surface area (Å²) in [4.78, 5) is 13.9. The Morgan fingerprint density at radius 1 is 1.44 bits per heavy atom. The first kappa shape index (κ1) is 13.4. The molecule has 18 heavy (non-hydrogen) atoms. The summed E-state index contributed by atoms with van der Waals surface area (Å²) in [6.45, 7) is 4.24. The molecule has 2 unspecified atom stereocenters. The van der Waals surface area contributed by atoms with E-state index in [9.17, 15) is 9.90 Å². The predicted molar refractivity (Wildman–Crippen MR) is 74.2 cm³/mol. The molecule has 2 atom stereocenters. The number of thioether (sulfide) groups is 1. The van der Waals surface area contributed by atoms with Crippen LogP contribution in [-0.2, 0) is 11.3 Å². The zero-order valence-electron chi connectivity index (χ0n) is 10.8. The monoisotopic (exact) mass is 265 g/mol. The zero-order chi connectivity index (χ0) is 13.2. The van der Waals surface area contributed by atoms with Gasteiger partial charge in [-0.2, -0.15) is 0 Å². The average molecular weight is 265 g/mol. The highest BCUT2D eigenvalue weighted by Crippen LogP contribution is 2.35. The number of hydrogen-bond donors (Lipinski definition) is 1. The lowest BCUT2D eigenvalue weighted by molar-refractivity contribution is -0.143. The third-order valence-corrected chi connectivity index (χ3v) is 4.35. The summed E-state index contributed by atoms with van der Waals surface area (Å²) in [5.41, 5.74) is 0.0213. The van der Waals surface area contributed by atoms with E-state index in [1.165, 1.54) is 0 Å². The zero-order valence-corrected chi connectivity index (χ0v) is 11.6. The van der Waals surface area contributed by atoms with Crippen molar-refractivity contribution in [2.75, 3.05) is 5.75 Å². The van der Waals surface area contributed by atoms with Crippen LogP contribution in [0.5, 0.6) is 0 Å². The van der Waals surface area contributed by atoms with Crippen LogP contribution in [0.4, 0.5) is 0 Å². The molecule has 3 nitrogen and oxygen atoms in total. The van der Waals surface area contributed by atoms with Crippen LogP contribution in [0.3, 0.4) is 0 Å². The van der Waals surface area contributed by atoms with Crippen molar-refractivity contribution < 1.29 is 9.90 Å². The fraction of sp³-hybridized carbons (Fsp3) is 0.500. The van der Waals surface area contributed by atoms with Crippen LogP contribution in [0.15, 0.2) is 30.3 Å². The second-order valence-electron chi connectivity index (χ2n) is 4.78. The molecule has 0 radical (unpaired) electrons. The number of nitrogens with zero attached hydrogens (tertiary/aromatic N) is 1. The minimum atomic E-state index is -1.03. The van der Waals surface area contributed by atoms with Gasteiger partial charge >= 0.3 is 0 Å². The Kier molecular flexibility index (Phi) is 3.97.